The molecule has 0 aliphatic carbocycles. The number of aliphatic hydroxyl groups is 2. The van der Waals surface area contributed by atoms with Gasteiger partial charge in [0.2, 0.25) is 0 Å². The molecule has 1 rings (SSSR count). The molecule has 4 N–H and O–H groups in total. The minimum atomic E-state index is -0.891. The molecule has 0 bridgehead atoms. The number of aliphatic hydroxyl groups excluding tert-OH is 1. The Morgan fingerprint density at radius 3 is 2.34 bits per heavy atom. The van der Waals surface area contributed by atoms with E-state index in [1.807, 2.05) is 33.8 Å². The van der Waals surface area contributed by atoms with Gasteiger partial charge in [0.15, 0.2) is 0 Å². The van der Waals surface area contributed by atoms with Crippen molar-refractivity contribution >= 4 is 5.97 Å². The fourth-order valence-corrected chi connectivity index (χ4v) is 4.54. The van der Waals surface area contributed by atoms with E-state index in [4.69, 9.17) is 4.42 Å². The van der Waals surface area contributed by atoms with Crippen molar-refractivity contribution in [3.8, 4) is 5.75 Å². The quantitative estimate of drug-likeness (QED) is 0.257. The zero-order valence-corrected chi connectivity index (χ0v) is 22.4. The average molecular weight is 493 g/mol. The van der Waals surface area contributed by atoms with Gasteiger partial charge in [-0.1, -0.05) is 43.6 Å². The largest absolute Gasteiger partial charge is 0.507 e. The molecule has 0 unspecified atom stereocenters. The van der Waals surface area contributed by atoms with Gasteiger partial charge in [0, 0.05) is 18.1 Å². The second kappa shape index (κ2) is 13.6. The van der Waals surface area contributed by atoms with Crippen LogP contribution in [0.4, 0.5) is 0 Å². The molecule has 198 valence electrons. The Labute approximate surface area is 209 Å². The van der Waals surface area contributed by atoms with Crippen LogP contribution < -0.4 is 5.63 Å². The van der Waals surface area contributed by atoms with Crippen molar-refractivity contribution in [3.63, 3.8) is 0 Å². The minimum Gasteiger partial charge on any atom is -0.507 e. The van der Waals surface area contributed by atoms with Crippen molar-refractivity contribution < 1.29 is 29.6 Å². The van der Waals surface area contributed by atoms with Crippen LogP contribution in [-0.2, 0) is 4.79 Å². The molecule has 7 nitrogen and oxygen atoms in total. The number of carbonyl (C=O) groups is 1. The maximum absolute atomic E-state index is 12.0. The Morgan fingerprint density at radius 1 is 1.17 bits per heavy atom. The Morgan fingerprint density at radius 2 is 1.80 bits per heavy atom. The molecular weight excluding hydrogens is 448 g/mol. The summed E-state index contributed by atoms with van der Waals surface area (Å²) in [7, 11) is 0. The number of carboxylic acid groups (broad SMARTS) is 1. The van der Waals surface area contributed by atoms with E-state index >= 15 is 0 Å². The van der Waals surface area contributed by atoms with E-state index in [0.29, 0.717) is 49.8 Å². The zero-order chi connectivity index (χ0) is 26.9. The summed E-state index contributed by atoms with van der Waals surface area (Å²) >= 11 is 0. The first kappa shape index (κ1) is 30.7. The van der Waals surface area contributed by atoms with Gasteiger partial charge in [0.1, 0.15) is 11.5 Å². The van der Waals surface area contributed by atoms with Gasteiger partial charge in [0.05, 0.1) is 17.1 Å². The lowest BCUT2D eigenvalue weighted by Gasteiger charge is -2.26. The highest BCUT2D eigenvalue weighted by atomic mass is 16.4. The number of hydrogen-bond donors (Lipinski definition) is 4. The third kappa shape index (κ3) is 9.65. The lowest BCUT2D eigenvalue weighted by atomic mass is 9.86. The van der Waals surface area contributed by atoms with Crippen molar-refractivity contribution in [3.05, 3.63) is 50.6 Å². The van der Waals surface area contributed by atoms with Gasteiger partial charge in [-0.25, -0.2) is 4.79 Å². The highest BCUT2D eigenvalue weighted by molar-refractivity contribution is 5.72. The Hall–Kier alpha value is -2.38. The van der Waals surface area contributed by atoms with Crippen LogP contribution >= 0.6 is 0 Å². The SMILES string of the molecule is CC[C@@](C)(O)C[C@@H](CO)CCC[C@@H](/C=C(C)/C=C(/C)C[C@@H](C)c1oc(=O)c(C)c(O)c1C)C(=O)O. The number of carboxylic acids is 1. The van der Waals surface area contributed by atoms with Crippen LogP contribution in [-0.4, -0.2) is 38.6 Å². The number of allylic oxidation sites excluding steroid dienone is 3. The predicted molar refractivity (Wildman–Crippen MR) is 138 cm³/mol. The third-order valence-corrected chi connectivity index (χ3v) is 6.80. The van der Waals surface area contributed by atoms with Crippen molar-refractivity contribution in [1.29, 1.82) is 0 Å². The summed E-state index contributed by atoms with van der Waals surface area (Å²) in [6.07, 6.45) is 7.11. The monoisotopic (exact) mass is 492 g/mol. The molecule has 0 spiro atoms. The molecule has 0 saturated heterocycles. The van der Waals surface area contributed by atoms with E-state index in [1.54, 1.807) is 19.9 Å². The number of aliphatic carboxylic acids is 1. The molecule has 0 amide bonds. The molecule has 0 fully saturated rings. The fraction of sp³-hybridized carbons (Fsp3) is 0.643. The summed E-state index contributed by atoms with van der Waals surface area (Å²) in [4.78, 5) is 23.8. The van der Waals surface area contributed by atoms with Crippen LogP contribution in [0.1, 0.15) is 95.9 Å². The van der Waals surface area contributed by atoms with Gasteiger partial charge < -0.3 is 24.8 Å². The number of hydrogen-bond acceptors (Lipinski definition) is 6. The Kier molecular flexibility index (Phi) is 11.9. The maximum atomic E-state index is 12.0. The normalized spacial score (nSPS) is 17.1. The molecule has 35 heavy (non-hydrogen) atoms. The second-order valence-corrected chi connectivity index (χ2v) is 10.3. The van der Waals surface area contributed by atoms with Crippen LogP contribution in [0.2, 0.25) is 0 Å². The van der Waals surface area contributed by atoms with E-state index in [9.17, 15) is 30.0 Å². The average Bonchev–Trinajstić information content (AvgIpc) is 2.78. The van der Waals surface area contributed by atoms with Gasteiger partial charge in [-0.2, -0.15) is 0 Å². The molecule has 4 atom stereocenters. The van der Waals surface area contributed by atoms with Crippen molar-refractivity contribution in [2.45, 2.75) is 98.5 Å². The molecule has 0 aliphatic rings. The molecule has 1 heterocycles. The summed E-state index contributed by atoms with van der Waals surface area (Å²) in [5.74, 6) is -1.31. The minimum absolute atomic E-state index is 0.0266. The summed E-state index contributed by atoms with van der Waals surface area (Å²) < 4.78 is 5.42. The van der Waals surface area contributed by atoms with Crippen LogP contribution in [0.3, 0.4) is 0 Å². The van der Waals surface area contributed by atoms with Gasteiger partial charge in [-0.15, -0.1) is 0 Å². The maximum Gasteiger partial charge on any atom is 0.342 e. The van der Waals surface area contributed by atoms with Crippen molar-refractivity contribution in [2.24, 2.45) is 11.8 Å². The van der Waals surface area contributed by atoms with Crippen LogP contribution in [0.25, 0.3) is 0 Å². The van der Waals surface area contributed by atoms with Crippen LogP contribution in [0, 0.1) is 25.7 Å². The Bertz CT molecular complexity index is 968. The lowest BCUT2D eigenvalue weighted by molar-refractivity contribution is -0.140. The number of rotatable bonds is 14. The molecule has 7 heteroatoms. The van der Waals surface area contributed by atoms with Crippen molar-refractivity contribution in [2.75, 3.05) is 6.61 Å². The molecule has 0 aromatic carbocycles. The van der Waals surface area contributed by atoms with Crippen molar-refractivity contribution in [1.82, 2.24) is 0 Å². The molecule has 0 saturated carbocycles. The molecule has 1 aromatic rings. The molecule has 0 aliphatic heterocycles. The summed E-state index contributed by atoms with van der Waals surface area (Å²) in [5, 5.41) is 39.7. The lowest BCUT2D eigenvalue weighted by Crippen LogP contribution is -2.28. The van der Waals surface area contributed by atoms with Gasteiger partial charge >= 0.3 is 11.6 Å². The third-order valence-electron chi connectivity index (χ3n) is 6.80. The highest BCUT2D eigenvalue weighted by Gasteiger charge is 2.24. The second-order valence-electron chi connectivity index (χ2n) is 10.3. The van der Waals surface area contributed by atoms with Gasteiger partial charge in [0.25, 0.3) is 0 Å². The molecule has 1 aromatic heterocycles. The van der Waals surface area contributed by atoms with E-state index < -0.39 is 23.1 Å². The molecular formula is C28H44O7. The topological polar surface area (TPSA) is 128 Å². The molecule has 0 radical (unpaired) electrons. The predicted octanol–water partition coefficient (Wildman–Crippen LogP) is 5.38. The van der Waals surface area contributed by atoms with E-state index in [-0.39, 0.29) is 29.8 Å². The first-order valence-corrected chi connectivity index (χ1v) is 12.5. The standard InChI is InChI=1S/C28H44O7/c1-8-28(7,34)15-22(16-29)10-9-11-23(26(31)32)14-18(3)12-17(2)13-19(4)25-20(5)24(30)21(6)27(33)35-25/h12,14,19,22-23,29-30,34H,8-11,13,15-16H2,1-7H3,(H,31,32)/b17-12-,18-14+/t19-,22+,23+,28-/m1/s1. The summed E-state index contributed by atoms with van der Waals surface area (Å²) in [5.41, 5.74) is 1.22. The number of aromatic hydroxyl groups is 1. The first-order valence-electron chi connectivity index (χ1n) is 12.5. The fourth-order valence-electron chi connectivity index (χ4n) is 4.54. The first-order chi connectivity index (χ1) is 16.2. The van der Waals surface area contributed by atoms with E-state index in [2.05, 4.69) is 0 Å². The highest BCUT2D eigenvalue weighted by Crippen LogP contribution is 2.31. The van der Waals surface area contributed by atoms with Crippen LogP contribution in [0.5, 0.6) is 5.75 Å². The Balaban J connectivity index is 2.84. The summed E-state index contributed by atoms with van der Waals surface area (Å²) in [6, 6.07) is 0. The zero-order valence-electron chi connectivity index (χ0n) is 22.4. The van der Waals surface area contributed by atoms with E-state index in [1.165, 1.54) is 6.92 Å². The van der Waals surface area contributed by atoms with E-state index in [0.717, 1.165) is 11.1 Å². The van der Waals surface area contributed by atoms with Gasteiger partial charge in [-0.3, -0.25) is 4.79 Å². The van der Waals surface area contributed by atoms with Gasteiger partial charge in [-0.05, 0) is 72.6 Å². The van der Waals surface area contributed by atoms with Crippen LogP contribution in [0.15, 0.2) is 32.5 Å². The smallest absolute Gasteiger partial charge is 0.342 e. The summed E-state index contributed by atoms with van der Waals surface area (Å²) in [6.45, 7) is 12.6.